The van der Waals surface area contributed by atoms with Gasteiger partial charge in [0.25, 0.3) is 0 Å². The van der Waals surface area contributed by atoms with Gasteiger partial charge >= 0.3 is 6.16 Å². The summed E-state index contributed by atoms with van der Waals surface area (Å²) in [5, 5.41) is 7.98. The number of carbonyl (C=O) groups is 1. The summed E-state index contributed by atoms with van der Waals surface area (Å²) in [6.07, 6.45) is -1.13. The summed E-state index contributed by atoms with van der Waals surface area (Å²) < 4.78 is 4.66. The molecule has 0 aromatic heterocycles. The van der Waals surface area contributed by atoms with Gasteiger partial charge in [-0.05, 0) is 31.0 Å². The van der Waals surface area contributed by atoms with Crippen LogP contribution >= 0.6 is 0 Å². The first-order valence-corrected chi connectivity index (χ1v) is 3.74. The van der Waals surface area contributed by atoms with E-state index in [1.807, 2.05) is 19.9 Å². The molecular weight excluding hydrogens is 172 g/mol. The van der Waals surface area contributed by atoms with E-state index < -0.39 is 6.16 Å². The summed E-state index contributed by atoms with van der Waals surface area (Å²) in [7, 11) is 0. The third kappa shape index (κ3) is 2.19. The van der Waals surface area contributed by atoms with E-state index in [1.165, 1.54) is 0 Å². The highest BCUT2D eigenvalue weighted by molar-refractivity contribution is 5.63. The molecule has 0 aliphatic heterocycles. The van der Waals surface area contributed by atoms with Gasteiger partial charge < -0.3 is 4.74 Å². The van der Waals surface area contributed by atoms with Crippen LogP contribution in [-0.2, 0) is 4.89 Å². The van der Waals surface area contributed by atoms with Gasteiger partial charge in [0, 0.05) is 0 Å². The van der Waals surface area contributed by atoms with Crippen molar-refractivity contribution in [1.29, 1.82) is 0 Å². The van der Waals surface area contributed by atoms with Crippen molar-refractivity contribution >= 4 is 6.16 Å². The second-order valence-corrected chi connectivity index (χ2v) is 2.64. The SMILES string of the molecule is Cc1cccc(OC(=O)OO)c1C. The fourth-order valence-corrected chi connectivity index (χ4v) is 0.943. The molecule has 0 saturated carbocycles. The summed E-state index contributed by atoms with van der Waals surface area (Å²) in [6, 6.07) is 5.27. The Labute approximate surface area is 75.6 Å². The molecule has 0 aliphatic rings. The number of benzene rings is 1. The Morgan fingerprint density at radius 2 is 2.08 bits per heavy atom. The lowest BCUT2D eigenvalue weighted by Gasteiger charge is -2.06. The first-order valence-electron chi connectivity index (χ1n) is 3.74. The highest BCUT2D eigenvalue weighted by Gasteiger charge is 2.08. The third-order valence-electron chi connectivity index (χ3n) is 1.82. The summed E-state index contributed by atoms with van der Waals surface area (Å²) in [5.74, 6) is 0.388. The molecule has 0 heterocycles. The quantitative estimate of drug-likeness (QED) is 0.313. The van der Waals surface area contributed by atoms with Crippen LogP contribution in [-0.4, -0.2) is 11.4 Å². The van der Waals surface area contributed by atoms with E-state index in [9.17, 15) is 4.79 Å². The molecule has 1 rings (SSSR count). The molecule has 4 heteroatoms. The zero-order chi connectivity index (χ0) is 9.84. The molecule has 1 aromatic rings. The lowest BCUT2D eigenvalue weighted by atomic mass is 10.1. The topological polar surface area (TPSA) is 55.8 Å². The second-order valence-electron chi connectivity index (χ2n) is 2.64. The van der Waals surface area contributed by atoms with E-state index in [0.29, 0.717) is 5.75 Å². The Morgan fingerprint density at radius 1 is 1.38 bits per heavy atom. The van der Waals surface area contributed by atoms with Crippen LogP contribution in [0.3, 0.4) is 0 Å². The first-order chi connectivity index (χ1) is 6.15. The van der Waals surface area contributed by atoms with Gasteiger partial charge in [-0.25, -0.2) is 4.79 Å². The van der Waals surface area contributed by atoms with Gasteiger partial charge in [-0.1, -0.05) is 12.1 Å². The number of carbonyl (C=O) groups excluding carboxylic acids is 1. The van der Waals surface area contributed by atoms with Gasteiger partial charge in [0.15, 0.2) is 0 Å². The van der Waals surface area contributed by atoms with E-state index in [0.717, 1.165) is 11.1 Å². The zero-order valence-electron chi connectivity index (χ0n) is 7.40. The van der Waals surface area contributed by atoms with Crippen LogP contribution in [0.25, 0.3) is 0 Å². The Kier molecular flexibility index (Phi) is 2.87. The molecule has 0 amide bonds. The molecule has 1 aromatic carbocycles. The van der Waals surface area contributed by atoms with Crippen LogP contribution in [0.1, 0.15) is 11.1 Å². The number of hydrogen-bond acceptors (Lipinski definition) is 4. The van der Waals surface area contributed by atoms with Crippen molar-refractivity contribution in [1.82, 2.24) is 0 Å². The van der Waals surface area contributed by atoms with Gasteiger partial charge in [0.05, 0.1) is 0 Å². The number of hydrogen-bond donors (Lipinski definition) is 1. The van der Waals surface area contributed by atoms with Crippen molar-refractivity contribution < 1.29 is 19.7 Å². The molecule has 0 saturated heterocycles. The largest absolute Gasteiger partial charge is 0.545 e. The standard InChI is InChI=1S/C9H10O4/c1-6-4-3-5-8(7(6)2)12-9(10)13-11/h3-5,11H,1-2H3. The minimum absolute atomic E-state index is 0.388. The average molecular weight is 182 g/mol. The predicted molar refractivity (Wildman–Crippen MR) is 45.7 cm³/mol. The molecule has 4 nitrogen and oxygen atoms in total. The Hall–Kier alpha value is -1.55. The fraction of sp³-hybridized carbons (Fsp3) is 0.222. The smallest absolute Gasteiger partial charge is 0.393 e. The van der Waals surface area contributed by atoms with Crippen LogP contribution in [0.2, 0.25) is 0 Å². The predicted octanol–water partition coefficient (Wildman–Crippen LogP) is 2.29. The molecule has 13 heavy (non-hydrogen) atoms. The summed E-state index contributed by atoms with van der Waals surface area (Å²) in [6.45, 7) is 3.71. The van der Waals surface area contributed by atoms with E-state index in [4.69, 9.17) is 5.26 Å². The molecule has 70 valence electrons. The van der Waals surface area contributed by atoms with E-state index in [2.05, 4.69) is 9.62 Å². The van der Waals surface area contributed by atoms with Crippen LogP contribution in [0.15, 0.2) is 18.2 Å². The van der Waals surface area contributed by atoms with Crippen molar-refractivity contribution in [3.05, 3.63) is 29.3 Å². The van der Waals surface area contributed by atoms with Gasteiger partial charge in [0.2, 0.25) is 0 Å². The first kappa shape index (κ1) is 9.54. The minimum Gasteiger partial charge on any atom is -0.393 e. The lowest BCUT2D eigenvalue weighted by Crippen LogP contribution is -2.08. The second kappa shape index (κ2) is 3.91. The highest BCUT2D eigenvalue weighted by Crippen LogP contribution is 2.20. The molecule has 0 spiro atoms. The molecule has 0 unspecified atom stereocenters. The fourth-order valence-electron chi connectivity index (χ4n) is 0.943. The maximum absolute atomic E-state index is 10.6. The average Bonchev–Trinajstić information content (AvgIpc) is 2.13. The van der Waals surface area contributed by atoms with Crippen LogP contribution in [0, 0.1) is 13.8 Å². The number of rotatable bonds is 1. The Bertz CT molecular complexity index is 319. The molecular formula is C9H10O4. The molecule has 0 atom stereocenters. The van der Waals surface area contributed by atoms with Crippen LogP contribution in [0.5, 0.6) is 5.75 Å². The number of ether oxygens (including phenoxy) is 1. The highest BCUT2D eigenvalue weighted by atomic mass is 17.1. The van der Waals surface area contributed by atoms with Crippen LogP contribution in [0.4, 0.5) is 4.79 Å². The molecule has 0 bridgehead atoms. The molecule has 1 N–H and O–H groups in total. The van der Waals surface area contributed by atoms with Crippen molar-refractivity contribution in [2.75, 3.05) is 0 Å². The number of aryl methyl sites for hydroxylation is 1. The van der Waals surface area contributed by atoms with Crippen molar-refractivity contribution in [3.63, 3.8) is 0 Å². The van der Waals surface area contributed by atoms with Crippen molar-refractivity contribution in [3.8, 4) is 5.75 Å². The van der Waals surface area contributed by atoms with Gasteiger partial charge in [-0.2, -0.15) is 5.26 Å². The van der Waals surface area contributed by atoms with Gasteiger partial charge in [-0.3, -0.25) is 4.89 Å². The Balaban J connectivity index is 2.89. The minimum atomic E-state index is -1.13. The zero-order valence-corrected chi connectivity index (χ0v) is 7.40. The van der Waals surface area contributed by atoms with Crippen LogP contribution < -0.4 is 4.74 Å². The normalized spacial score (nSPS) is 9.46. The summed E-state index contributed by atoms with van der Waals surface area (Å²) in [5.41, 5.74) is 1.84. The van der Waals surface area contributed by atoms with Gasteiger partial charge in [0.1, 0.15) is 5.75 Å². The van der Waals surface area contributed by atoms with Gasteiger partial charge in [-0.15, -0.1) is 0 Å². The molecule has 0 fully saturated rings. The third-order valence-corrected chi connectivity index (χ3v) is 1.82. The summed E-state index contributed by atoms with van der Waals surface area (Å²) in [4.78, 5) is 13.9. The Morgan fingerprint density at radius 3 is 2.69 bits per heavy atom. The lowest BCUT2D eigenvalue weighted by molar-refractivity contribution is -0.191. The van der Waals surface area contributed by atoms with Crippen molar-refractivity contribution in [2.45, 2.75) is 13.8 Å². The molecule has 0 aliphatic carbocycles. The maximum Gasteiger partial charge on any atom is 0.545 e. The van der Waals surface area contributed by atoms with E-state index in [1.54, 1.807) is 12.1 Å². The monoisotopic (exact) mass is 182 g/mol. The summed E-state index contributed by atoms with van der Waals surface area (Å²) >= 11 is 0. The maximum atomic E-state index is 10.6. The van der Waals surface area contributed by atoms with E-state index >= 15 is 0 Å². The van der Waals surface area contributed by atoms with E-state index in [-0.39, 0.29) is 0 Å². The molecule has 0 radical (unpaired) electrons. The van der Waals surface area contributed by atoms with Crippen molar-refractivity contribution in [2.24, 2.45) is 0 Å².